The van der Waals surface area contributed by atoms with Crippen LogP contribution in [0.1, 0.15) is 37.7 Å². The van der Waals surface area contributed by atoms with E-state index in [0.717, 1.165) is 50.6 Å². The number of rotatable bonds is 8. The van der Waals surface area contributed by atoms with Crippen LogP contribution in [0.15, 0.2) is 24.3 Å². The van der Waals surface area contributed by atoms with Gasteiger partial charge in [0.15, 0.2) is 0 Å². The Kier molecular flexibility index (Phi) is 9.80. The summed E-state index contributed by atoms with van der Waals surface area (Å²) < 4.78 is 5.16. The SMILES string of the molecule is COc1ccc(CCCN(C)C(=O)CCC2CCNCC2)cc1.Cl. The summed E-state index contributed by atoms with van der Waals surface area (Å²) in [5.41, 5.74) is 1.29. The number of hydrogen-bond donors (Lipinski definition) is 1. The van der Waals surface area contributed by atoms with E-state index in [9.17, 15) is 4.79 Å². The summed E-state index contributed by atoms with van der Waals surface area (Å²) in [4.78, 5) is 14.1. The predicted octanol–water partition coefficient (Wildman–Crippen LogP) is 3.29. The Morgan fingerprint density at radius 1 is 1.25 bits per heavy atom. The molecule has 1 aromatic rings. The van der Waals surface area contributed by atoms with Gasteiger partial charge in [-0.05, 0) is 68.8 Å². The topological polar surface area (TPSA) is 41.6 Å². The number of methoxy groups -OCH3 is 1. The van der Waals surface area contributed by atoms with Crippen LogP contribution in [0.3, 0.4) is 0 Å². The second kappa shape index (κ2) is 11.3. The van der Waals surface area contributed by atoms with Gasteiger partial charge in [0, 0.05) is 20.0 Å². The normalized spacial score (nSPS) is 14.8. The summed E-state index contributed by atoms with van der Waals surface area (Å²) in [6, 6.07) is 8.17. The summed E-state index contributed by atoms with van der Waals surface area (Å²) in [5, 5.41) is 3.37. The zero-order chi connectivity index (χ0) is 16.5. The standard InChI is InChI=1S/C19H30N2O2.ClH/c1-21(19(22)10-7-17-11-13-20-14-12-17)15-3-4-16-5-8-18(23-2)9-6-16;/h5-6,8-9,17,20H,3-4,7,10-15H2,1-2H3;1H. The number of nitrogens with zero attached hydrogens (tertiary/aromatic N) is 1. The molecule has 1 aromatic carbocycles. The largest absolute Gasteiger partial charge is 0.497 e. The molecule has 1 fully saturated rings. The van der Waals surface area contributed by atoms with E-state index in [1.54, 1.807) is 7.11 Å². The van der Waals surface area contributed by atoms with Gasteiger partial charge in [0.25, 0.3) is 0 Å². The molecule has 1 saturated heterocycles. The van der Waals surface area contributed by atoms with Gasteiger partial charge < -0.3 is 15.0 Å². The Morgan fingerprint density at radius 3 is 2.54 bits per heavy atom. The maximum atomic E-state index is 12.2. The van der Waals surface area contributed by atoms with Gasteiger partial charge in [-0.15, -0.1) is 12.4 Å². The number of aryl methyl sites for hydroxylation is 1. The van der Waals surface area contributed by atoms with Crippen molar-refractivity contribution < 1.29 is 9.53 Å². The molecular formula is C19H31ClN2O2. The minimum atomic E-state index is 0. The van der Waals surface area contributed by atoms with Crippen molar-refractivity contribution in [1.82, 2.24) is 10.2 Å². The van der Waals surface area contributed by atoms with Crippen LogP contribution in [0.2, 0.25) is 0 Å². The van der Waals surface area contributed by atoms with Gasteiger partial charge in [0.1, 0.15) is 5.75 Å². The number of ether oxygens (including phenoxy) is 1. The number of amides is 1. The van der Waals surface area contributed by atoms with Gasteiger partial charge in [0.2, 0.25) is 5.91 Å². The summed E-state index contributed by atoms with van der Waals surface area (Å²) in [7, 11) is 3.61. The van der Waals surface area contributed by atoms with Crippen molar-refractivity contribution in [1.29, 1.82) is 0 Å². The lowest BCUT2D eigenvalue weighted by molar-refractivity contribution is -0.130. The molecule has 0 aliphatic carbocycles. The quantitative estimate of drug-likeness (QED) is 0.778. The van der Waals surface area contributed by atoms with Gasteiger partial charge in [0.05, 0.1) is 7.11 Å². The summed E-state index contributed by atoms with van der Waals surface area (Å²) >= 11 is 0. The number of halogens is 1. The van der Waals surface area contributed by atoms with Crippen LogP contribution >= 0.6 is 12.4 Å². The fourth-order valence-corrected chi connectivity index (χ4v) is 3.13. The molecular weight excluding hydrogens is 324 g/mol. The van der Waals surface area contributed by atoms with Crippen LogP contribution in [0.25, 0.3) is 0 Å². The monoisotopic (exact) mass is 354 g/mol. The Morgan fingerprint density at radius 2 is 1.92 bits per heavy atom. The Hall–Kier alpha value is -1.26. The first kappa shape index (κ1) is 20.8. The maximum absolute atomic E-state index is 12.2. The minimum Gasteiger partial charge on any atom is -0.497 e. The molecule has 24 heavy (non-hydrogen) atoms. The van der Waals surface area contributed by atoms with Crippen molar-refractivity contribution >= 4 is 18.3 Å². The highest BCUT2D eigenvalue weighted by Crippen LogP contribution is 2.18. The number of carbonyl (C=O) groups is 1. The highest BCUT2D eigenvalue weighted by atomic mass is 35.5. The van der Waals surface area contributed by atoms with E-state index in [4.69, 9.17) is 4.74 Å². The molecule has 1 amide bonds. The molecule has 1 heterocycles. The number of carbonyl (C=O) groups excluding carboxylic acids is 1. The van der Waals surface area contributed by atoms with Crippen molar-refractivity contribution in [3.8, 4) is 5.75 Å². The van der Waals surface area contributed by atoms with Gasteiger partial charge in [-0.1, -0.05) is 12.1 Å². The van der Waals surface area contributed by atoms with E-state index in [1.807, 2.05) is 24.1 Å². The molecule has 4 nitrogen and oxygen atoms in total. The smallest absolute Gasteiger partial charge is 0.222 e. The molecule has 0 spiro atoms. The van der Waals surface area contributed by atoms with E-state index < -0.39 is 0 Å². The van der Waals surface area contributed by atoms with E-state index in [2.05, 4.69) is 17.4 Å². The van der Waals surface area contributed by atoms with Crippen LogP contribution < -0.4 is 10.1 Å². The van der Waals surface area contributed by atoms with Crippen molar-refractivity contribution in [2.75, 3.05) is 33.8 Å². The number of hydrogen-bond acceptors (Lipinski definition) is 3. The predicted molar refractivity (Wildman–Crippen MR) is 101 cm³/mol. The van der Waals surface area contributed by atoms with Gasteiger partial charge in [-0.3, -0.25) is 4.79 Å². The second-order valence-electron chi connectivity index (χ2n) is 6.50. The van der Waals surface area contributed by atoms with Crippen molar-refractivity contribution in [3.63, 3.8) is 0 Å². The molecule has 0 bridgehead atoms. The lowest BCUT2D eigenvalue weighted by Gasteiger charge is -2.23. The molecule has 1 aliphatic rings. The lowest BCUT2D eigenvalue weighted by Crippen LogP contribution is -2.31. The van der Waals surface area contributed by atoms with Crippen LogP contribution in [0.4, 0.5) is 0 Å². The van der Waals surface area contributed by atoms with E-state index >= 15 is 0 Å². The fraction of sp³-hybridized carbons (Fsp3) is 0.632. The van der Waals surface area contributed by atoms with Crippen molar-refractivity contribution in [2.45, 2.75) is 38.5 Å². The summed E-state index contributed by atoms with van der Waals surface area (Å²) in [6.45, 7) is 3.05. The lowest BCUT2D eigenvalue weighted by atomic mass is 9.93. The Labute approximate surface area is 152 Å². The molecule has 1 N–H and O–H groups in total. The molecule has 0 radical (unpaired) electrons. The first-order valence-electron chi connectivity index (χ1n) is 8.76. The average Bonchev–Trinajstić information content (AvgIpc) is 2.61. The van der Waals surface area contributed by atoms with Gasteiger partial charge in [-0.2, -0.15) is 0 Å². The molecule has 2 rings (SSSR count). The molecule has 136 valence electrons. The molecule has 5 heteroatoms. The van der Waals surface area contributed by atoms with Crippen LogP contribution in [0.5, 0.6) is 5.75 Å². The zero-order valence-corrected chi connectivity index (χ0v) is 15.7. The van der Waals surface area contributed by atoms with Gasteiger partial charge >= 0.3 is 0 Å². The second-order valence-corrected chi connectivity index (χ2v) is 6.50. The average molecular weight is 355 g/mol. The first-order chi connectivity index (χ1) is 11.2. The number of nitrogens with one attached hydrogen (secondary N) is 1. The number of piperidine rings is 1. The van der Waals surface area contributed by atoms with E-state index in [1.165, 1.54) is 18.4 Å². The molecule has 1 aliphatic heterocycles. The zero-order valence-electron chi connectivity index (χ0n) is 14.9. The van der Waals surface area contributed by atoms with Crippen LogP contribution in [0, 0.1) is 5.92 Å². The molecule has 0 saturated carbocycles. The first-order valence-corrected chi connectivity index (χ1v) is 8.76. The van der Waals surface area contributed by atoms with Crippen LogP contribution in [-0.2, 0) is 11.2 Å². The fourth-order valence-electron chi connectivity index (χ4n) is 3.13. The van der Waals surface area contributed by atoms with Gasteiger partial charge in [-0.25, -0.2) is 0 Å². The Bertz CT molecular complexity index is 473. The van der Waals surface area contributed by atoms with Crippen LogP contribution in [-0.4, -0.2) is 44.6 Å². The summed E-state index contributed by atoms with van der Waals surface area (Å²) in [6.07, 6.45) is 6.17. The maximum Gasteiger partial charge on any atom is 0.222 e. The third-order valence-corrected chi connectivity index (χ3v) is 4.77. The molecule has 0 unspecified atom stereocenters. The van der Waals surface area contributed by atoms with E-state index in [0.29, 0.717) is 12.3 Å². The third-order valence-electron chi connectivity index (χ3n) is 4.77. The molecule has 0 aromatic heterocycles. The summed E-state index contributed by atoms with van der Waals surface area (Å²) in [5.74, 6) is 1.91. The third kappa shape index (κ3) is 7.10. The number of benzene rings is 1. The highest BCUT2D eigenvalue weighted by molar-refractivity contribution is 5.85. The molecule has 0 atom stereocenters. The van der Waals surface area contributed by atoms with E-state index in [-0.39, 0.29) is 12.4 Å². The Balaban J connectivity index is 0.00000288. The van der Waals surface area contributed by atoms with Crippen molar-refractivity contribution in [3.05, 3.63) is 29.8 Å². The van der Waals surface area contributed by atoms with Crippen molar-refractivity contribution in [2.24, 2.45) is 5.92 Å². The highest BCUT2D eigenvalue weighted by Gasteiger charge is 2.16. The minimum absolute atomic E-state index is 0.